The van der Waals surface area contributed by atoms with E-state index in [4.69, 9.17) is 16.3 Å². The largest absolute Gasteiger partial charge is 0.371 e. The van der Waals surface area contributed by atoms with Gasteiger partial charge >= 0.3 is 0 Å². The minimum atomic E-state index is -0.129. The molecule has 0 bridgehead atoms. The lowest BCUT2D eigenvalue weighted by atomic mass is 10.0. The molecule has 1 amide bonds. The van der Waals surface area contributed by atoms with Crippen LogP contribution >= 0.6 is 22.9 Å². The van der Waals surface area contributed by atoms with Crippen molar-refractivity contribution >= 4 is 28.8 Å². The van der Waals surface area contributed by atoms with Crippen LogP contribution in [0.15, 0.2) is 24.3 Å². The van der Waals surface area contributed by atoms with Gasteiger partial charge in [0.25, 0.3) is 5.91 Å². The van der Waals surface area contributed by atoms with E-state index in [9.17, 15) is 4.79 Å². The van der Waals surface area contributed by atoms with Crippen molar-refractivity contribution in [2.45, 2.75) is 32.4 Å². The zero-order chi connectivity index (χ0) is 15.7. The van der Waals surface area contributed by atoms with E-state index in [2.05, 4.69) is 10.3 Å². The van der Waals surface area contributed by atoms with Crippen molar-refractivity contribution in [3.05, 3.63) is 50.4 Å². The Hall–Kier alpha value is -1.43. The third kappa shape index (κ3) is 3.16. The first-order valence-electron chi connectivity index (χ1n) is 7.16. The standard InChI is InChI=1S/C16H17ClN2O2S/c1-9-15(22-10(2)18-9)16(20)19-13-7-8-21-14(13)11-3-5-12(17)6-4-11/h3-6,13-14H,7-8H2,1-2H3,(H,19,20)/t13-,14-/m1/s1. The SMILES string of the molecule is Cc1nc(C)c(C(=O)N[C@@H]2CCO[C@@H]2c2ccc(Cl)cc2)s1. The van der Waals surface area contributed by atoms with Crippen LogP contribution in [-0.4, -0.2) is 23.5 Å². The minimum Gasteiger partial charge on any atom is -0.371 e. The number of benzene rings is 1. The topological polar surface area (TPSA) is 51.2 Å². The summed E-state index contributed by atoms with van der Waals surface area (Å²) in [6, 6.07) is 7.54. The maximum atomic E-state index is 12.4. The molecule has 4 nitrogen and oxygen atoms in total. The number of amides is 1. The first-order chi connectivity index (χ1) is 10.5. The second-order valence-electron chi connectivity index (χ2n) is 5.36. The van der Waals surface area contributed by atoms with Crippen LogP contribution in [-0.2, 0) is 4.74 Å². The molecule has 1 N–H and O–H groups in total. The molecule has 1 saturated heterocycles. The third-order valence-corrected chi connectivity index (χ3v) is 5.04. The lowest BCUT2D eigenvalue weighted by Gasteiger charge is -2.20. The number of rotatable bonds is 3. The third-order valence-electron chi connectivity index (χ3n) is 3.72. The van der Waals surface area contributed by atoms with E-state index < -0.39 is 0 Å². The van der Waals surface area contributed by atoms with Gasteiger partial charge in [-0.2, -0.15) is 0 Å². The van der Waals surface area contributed by atoms with E-state index >= 15 is 0 Å². The molecule has 22 heavy (non-hydrogen) atoms. The maximum absolute atomic E-state index is 12.4. The molecule has 116 valence electrons. The van der Waals surface area contributed by atoms with Gasteiger partial charge in [-0.05, 0) is 38.0 Å². The Morgan fingerprint density at radius 1 is 1.36 bits per heavy atom. The van der Waals surface area contributed by atoms with Gasteiger partial charge in [0.2, 0.25) is 0 Å². The quantitative estimate of drug-likeness (QED) is 0.930. The predicted octanol–water partition coefficient (Wildman–Crippen LogP) is 3.67. The molecule has 2 aromatic rings. The number of hydrogen-bond acceptors (Lipinski definition) is 4. The summed E-state index contributed by atoms with van der Waals surface area (Å²) in [5, 5.41) is 4.68. The molecule has 1 aromatic carbocycles. The Morgan fingerprint density at radius 3 is 2.73 bits per heavy atom. The molecule has 0 unspecified atom stereocenters. The van der Waals surface area contributed by atoms with Crippen molar-refractivity contribution in [1.29, 1.82) is 0 Å². The fourth-order valence-corrected chi connectivity index (χ4v) is 3.64. The fourth-order valence-electron chi connectivity index (χ4n) is 2.69. The number of carbonyl (C=O) groups excluding carboxylic acids is 1. The van der Waals surface area contributed by atoms with Crippen LogP contribution in [0.4, 0.5) is 0 Å². The van der Waals surface area contributed by atoms with Gasteiger partial charge in [-0.3, -0.25) is 4.79 Å². The van der Waals surface area contributed by atoms with Crippen LogP contribution in [0.2, 0.25) is 5.02 Å². The maximum Gasteiger partial charge on any atom is 0.263 e. The summed E-state index contributed by atoms with van der Waals surface area (Å²) in [6.07, 6.45) is 0.672. The smallest absolute Gasteiger partial charge is 0.263 e. The number of halogens is 1. The van der Waals surface area contributed by atoms with Gasteiger partial charge in [0.05, 0.1) is 16.7 Å². The molecule has 1 fully saturated rings. The summed E-state index contributed by atoms with van der Waals surface area (Å²) in [4.78, 5) is 17.4. The fraction of sp³-hybridized carbons (Fsp3) is 0.375. The van der Waals surface area contributed by atoms with E-state index in [1.807, 2.05) is 38.1 Å². The summed E-state index contributed by atoms with van der Waals surface area (Å²) < 4.78 is 5.79. The number of hydrogen-bond donors (Lipinski definition) is 1. The summed E-state index contributed by atoms with van der Waals surface area (Å²) in [5.41, 5.74) is 1.81. The Morgan fingerprint density at radius 2 is 2.09 bits per heavy atom. The molecule has 6 heteroatoms. The first-order valence-corrected chi connectivity index (χ1v) is 8.36. The van der Waals surface area contributed by atoms with Crippen LogP contribution in [0.3, 0.4) is 0 Å². The molecule has 1 aliphatic rings. The lowest BCUT2D eigenvalue weighted by Crippen LogP contribution is -2.36. The van der Waals surface area contributed by atoms with Crippen molar-refractivity contribution in [1.82, 2.24) is 10.3 Å². The summed E-state index contributed by atoms with van der Waals surface area (Å²) >= 11 is 7.35. The second kappa shape index (κ2) is 6.36. The zero-order valence-corrected chi connectivity index (χ0v) is 14.0. The van der Waals surface area contributed by atoms with Crippen molar-refractivity contribution in [3.63, 3.8) is 0 Å². The monoisotopic (exact) mass is 336 g/mol. The summed E-state index contributed by atoms with van der Waals surface area (Å²) in [6.45, 7) is 4.41. The highest BCUT2D eigenvalue weighted by molar-refractivity contribution is 7.13. The average Bonchev–Trinajstić information content (AvgIpc) is 3.06. The van der Waals surface area contributed by atoms with Gasteiger partial charge in [-0.25, -0.2) is 4.98 Å². The molecule has 2 atom stereocenters. The molecular weight excluding hydrogens is 320 g/mol. The number of nitrogens with one attached hydrogen (secondary N) is 1. The lowest BCUT2D eigenvalue weighted by molar-refractivity contribution is 0.0824. The van der Waals surface area contributed by atoms with Crippen LogP contribution in [0, 0.1) is 13.8 Å². The normalized spacial score (nSPS) is 21.0. The van der Waals surface area contributed by atoms with Crippen LogP contribution in [0.1, 0.15) is 38.5 Å². The van der Waals surface area contributed by atoms with Gasteiger partial charge in [0, 0.05) is 11.6 Å². The van der Waals surface area contributed by atoms with E-state index in [0.717, 1.165) is 22.7 Å². The average molecular weight is 337 g/mol. The zero-order valence-electron chi connectivity index (χ0n) is 12.4. The van der Waals surface area contributed by atoms with Gasteiger partial charge < -0.3 is 10.1 Å². The van der Waals surface area contributed by atoms with Gasteiger partial charge in [0.15, 0.2) is 0 Å². The molecule has 0 saturated carbocycles. The Bertz CT molecular complexity index is 684. The molecule has 0 aliphatic carbocycles. The number of ether oxygens (including phenoxy) is 1. The molecular formula is C16H17ClN2O2S. The summed E-state index contributed by atoms with van der Waals surface area (Å²) in [7, 11) is 0. The summed E-state index contributed by atoms with van der Waals surface area (Å²) in [5.74, 6) is -0.0717. The van der Waals surface area contributed by atoms with Gasteiger partial charge in [-0.1, -0.05) is 23.7 Å². The van der Waals surface area contributed by atoms with Crippen molar-refractivity contribution in [3.8, 4) is 0 Å². The van der Waals surface area contributed by atoms with Crippen LogP contribution in [0.25, 0.3) is 0 Å². The number of thiazole rings is 1. The van der Waals surface area contributed by atoms with Gasteiger partial charge in [0.1, 0.15) is 11.0 Å². The molecule has 0 spiro atoms. The number of aryl methyl sites for hydroxylation is 2. The highest BCUT2D eigenvalue weighted by Crippen LogP contribution is 2.30. The first kappa shape index (κ1) is 15.5. The van der Waals surface area contributed by atoms with E-state index in [0.29, 0.717) is 16.5 Å². The van der Waals surface area contributed by atoms with Crippen molar-refractivity contribution in [2.75, 3.05) is 6.61 Å². The molecule has 0 radical (unpaired) electrons. The predicted molar refractivity (Wildman–Crippen MR) is 87.6 cm³/mol. The number of carbonyl (C=O) groups is 1. The highest BCUT2D eigenvalue weighted by atomic mass is 35.5. The molecule has 1 aromatic heterocycles. The van der Waals surface area contributed by atoms with Gasteiger partial charge in [-0.15, -0.1) is 11.3 Å². The van der Waals surface area contributed by atoms with Crippen LogP contribution < -0.4 is 5.32 Å². The molecule has 2 heterocycles. The van der Waals surface area contributed by atoms with E-state index in [1.165, 1.54) is 11.3 Å². The van der Waals surface area contributed by atoms with Crippen LogP contribution in [0.5, 0.6) is 0 Å². The Kier molecular flexibility index (Phi) is 4.47. The molecule has 1 aliphatic heterocycles. The highest BCUT2D eigenvalue weighted by Gasteiger charge is 2.31. The van der Waals surface area contributed by atoms with Crippen molar-refractivity contribution < 1.29 is 9.53 Å². The molecule has 3 rings (SSSR count). The second-order valence-corrected chi connectivity index (χ2v) is 7.00. The van der Waals surface area contributed by atoms with E-state index in [-0.39, 0.29) is 18.1 Å². The number of aromatic nitrogens is 1. The Balaban J connectivity index is 1.75. The Labute approximate surface area is 138 Å². The van der Waals surface area contributed by atoms with Crippen molar-refractivity contribution in [2.24, 2.45) is 0 Å². The van der Waals surface area contributed by atoms with E-state index in [1.54, 1.807) is 0 Å². The number of nitrogens with zero attached hydrogens (tertiary/aromatic N) is 1. The minimum absolute atomic E-state index is 0.0320.